The first-order chi connectivity index (χ1) is 13.1. The fraction of sp³-hybridized carbons (Fsp3) is 0.412. The monoisotopic (exact) mass is 501 g/mol. The Hall–Kier alpha value is -2.57. The van der Waals surface area contributed by atoms with E-state index >= 15 is 0 Å². The maximum absolute atomic E-state index is 12.5. The van der Waals surface area contributed by atoms with Crippen LogP contribution in [-0.2, 0) is 23.2 Å². The molecule has 1 aliphatic heterocycles. The van der Waals surface area contributed by atoms with Gasteiger partial charge in [-0.1, -0.05) is 0 Å². The standard InChI is InChI=1S/C17H23N7O3.HI/c1-18-17(20-10-15(25)19-9-14-4-3-7-27-14)23-5-6-24(16(26)12-23)13-8-21-22(2)11-13;/h3-4,7-8,11H,5-6,9-10,12H2,1-2H3,(H,18,20)(H,19,25);1H. The lowest BCUT2D eigenvalue weighted by Gasteiger charge is -2.35. The Morgan fingerprint density at radius 1 is 1.36 bits per heavy atom. The van der Waals surface area contributed by atoms with Crippen LogP contribution in [0.3, 0.4) is 0 Å². The number of carbonyl (C=O) groups excluding carboxylic acids is 2. The highest BCUT2D eigenvalue weighted by Gasteiger charge is 2.27. The van der Waals surface area contributed by atoms with Crippen LogP contribution in [0.25, 0.3) is 0 Å². The molecule has 1 aliphatic rings. The molecule has 152 valence electrons. The molecule has 0 aromatic carbocycles. The molecule has 11 heteroatoms. The number of aliphatic imine (C=N–C) groups is 1. The van der Waals surface area contributed by atoms with Crippen LogP contribution < -0.4 is 15.5 Å². The van der Waals surface area contributed by atoms with Gasteiger partial charge in [0.15, 0.2) is 5.96 Å². The van der Waals surface area contributed by atoms with Crippen LogP contribution >= 0.6 is 24.0 Å². The molecule has 0 atom stereocenters. The van der Waals surface area contributed by atoms with E-state index in [1.54, 1.807) is 41.2 Å². The Kier molecular flexibility index (Phi) is 7.84. The van der Waals surface area contributed by atoms with Gasteiger partial charge in [-0.25, -0.2) is 0 Å². The number of hydrogen-bond donors (Lipinski definition) is 2. The second-order valence-corrected chi connectivity index (χ2v) is 6.10. The number of aryl methyl sites for hydroxylation is 1. The van der Waals surface area contributed by atoms with Crippen molar-refractivity contribution < 1.29 is 14.0 Å². The maximum Gasteiger partial charge on any atom is 0.246 e. The van der Waals surface area contributed by atoms with Crippen LogP contribution in [0, 0.1) is 0 Å². The number of guanidine groups is 1. The van der Waals surface area contributed by atoms with Gasteiger partial charge < -0.3 is 24.9 Å². The van der Waals surface area contributed by atoms with Crippen molar-refractivity contribution in [2.45, 2.75) is 6.54 Å². The third kappa shape index (κ3) is 5.47. The van der Waals surface area contributed by atoms with Gasteiger partial charge in [-0.2, -0.15) is 5.10 Å². The highest BCUT2D eigenvalue weighted by atomic mass is 127. The van der Waals surface area contributed by atoms with Gasteiger partial charge in [0, 0.05) is 33.4 Å². The molecule has 0 spiro atoms. The van der Waals surface area contributed by atoms with E-state index in [4.69, 9.17) is 4.42 Å². The summed E-state index contributed by atoms with van der Waals surface area (Å²) >= 11 is 0. The molecule has 0 saturated carbocycles. The van der Waals surface area contributed by atoms with Crippen LogP contribution in [0.2, 0.25) is 0 Å². The lowest BCUT2D eigenvalue weighted by atomic mass is 10.3. The number of anilines is 1. The SMILES string of the molecule is CN=C(NCC(=O)NCc1ccco1)N1CCN(c2cnn(C)c2)C(=O)C1.I. The maximum atomic E-state index is 12.5. The fourth-order valence-electron chi connectivity index (χ4n) is 2.83. The van der Waals surface area contributed by atoms with E-state index in [1.807, 2.05) is 18.1 Å². The van der Waals surface area contributed by atoms with Gasteiger partial charge in [-0.3, -0.25) is 19.3 Å². The summed E-state index contributed by atoms with van der Waals surface area (Å²) in [5.74, 6) is 0.972. The van der Waals surface area contributed by atoms with E-state index in [2.05, 4.69) is 20.7 Å². The van der Waals surface area contributed by atoms with Crippen LogP contribution in [0.4, 0.5) is 5.69 Å². The molecule has 0 radical (unpaired) electrons. The van der Waals surface area contributed by atoms with Gasteiger partial charge in [-0.05, 0) is 12.1 Å². The molecular formula is C17H24IN7O3. The van der Waals surface area contributed by atoms with Gasteiger partial charge >= 0.3 is 0 Å². The zero-order valence-corrected chi connectivity index (χ0v) is 18.1. The minimum atomic E-state index is -0.187. The summed E-state index contributed by atoms with van der Waals surface area (Å²) in [6.07, 6.45) is 5.04. The largest absolute Gasteiger partial charge is 0.467 e. The predicted molar refractivity (Wildman–Crippen MR) is 114 cm³/mol. The molecule has 0 bridgehead atoms. The summed E-state index contributed by atoms with van der Waals surface area (Å²) in [6.45, 7) is 1.70. The topological polar surface area (TPSA) is 108 Å². The molecule has 2 aromatic heterocycles. The van der Waals surface area contributed by atoms with E-state index in [0.717, 1.165) is 5.69 Å². The van der Waals surface area contributed by atoms with Crippen molar-refractivity contribution in [2.24, 2.45) is 12.0 Å². The van der Waals surface area contributed by atoms with Crippen molar-refractivity contribution in [3.05, 3.63) is 36.5 Å². The van der Waals surface area contributed by atoms with E-state index in [0.29, 0.717) is 31.4 Å². The second kappa shape index (κ2) is 10.1. The molecule has 10 nitrogen and oxygen atoms in total. The van der Waals surface area contributed by atoms with Crippen molar-refractivity contribution in [3.63, 3.8) is 0 Å². The second-order valence-electron chi connectivity index (χ2n) is 6.10. The molecule has 2 N–H and O–H groups in total. The number of carbonyl (C=O) groups is 2. The lowest BCUT2D eigenvalue weighted by Crippen LogP contribution is -2.56. The number of hydrogen-bond acceptors (Lipinski definition) is 5. The van der Waals surface area contributed by atoms with Crippen LogP contribution in [0.15, 0.2) is 40.2 Å². The van der Waals surface area contributed by atoms with Gasteiger partial charge in [0.25, 0.3) is 0 Å². The smallest absolute Gasteiger partial charge is 0.246 e. The number of halogens is 1. The van der Waals surface area contributed by atoms with E-state index in [9.17, 15) is 9.59 Å². The number of aromatic nitrogens is 2. The highest BCUT2D eigenvalue weighted by molar-refractivity contribution is 14.0. The van der Waals surface area contributed by atoms with Crippen molar-refractivity contribution in [2.75, 3.05) is 38.1 Å². The quantitative estimate of drug-likeness (QED) is 0.344. The zero-order chi connectivity index (χ0) is 19.2. The number of amides is 2. The Morgan fingerprint density at radius 3 is 2.79 bits per heavy atom. The van der Waals surface area contributed by atoms with E-state index in [1.165, 1.54) is 0 Å². The van der Waals surface area contributed by atoms with Crippen molar-refractivity contribution >= 4 is 47.4 Å². The summed E-state index contributed by atoms with van der Waals surface area (Å²) in [4.78, 5) is 32.2. The molecule has 2 amide bonds. The molecule has 2 aromatic rings. The van der Waals surface area contributed by atoms with Crippen LogP contribution in [0.5, 0.6) is 0 Å². The number of piperazine rings is 1. The first-order valence-corrected chi connectivity index (χ1v) is 8.60. The molecule has 3 heterocycles. The van der Waals surface area contributed by atoms with Crippen molar-refractivity contribution in [1.82, 2.24) is 25.3 Å². The molecule has 28 heavy (non-hydrogen) atoms. The minimum Gasteiger partial charge on any atom is -0.467 e. The summed E-state index contributed by atoms with van der Waals surface area (Å²) in [5, 5.41) is 9.85. The lowest BCUT2D eigenvalue weighted by molar-refractivity contribution is -0.120. The van der Waals surface area contributed by atoms with Gasteiger partial charge in [-0.15, -0.1) is 24.0 Å². The first kappa shape index (κ1) is 21.7. The van der Waals surface area contributed by atoms with Crippen molar-refractivity contribution in [3.8, 4) is 0 Å². The number of nitrogens with one attached hydrogen (secondary N) is 2. The van der Waals surface area contributed by atoms with Crippen LogP contribution in [0.1, 0.15) is 5.76 Å². The average Bonchev–Trinajstić information content (AvgIpc) is 3.32. The van der Waals surface area contributed by atoms with Crippen LogP contribution in [-0.4, -0.2) is 65.7 Å². The Labute approximate surface area is 180 Å². The number of rotatable bonds is 5. The van der Waals surface area contributed by atoms with Gasteiger partial charge in [0.1, 0.15) is 12.3 Å². The first-order valence-electron chi connectivity index (χ1n) is 8.60. The Bertz CT molecular complexity index is 819. The summed E-state index contributed by atoms with van der Waals surface area (Å²) < 4.78 is 6.83. The normalized spacial score (nSPS) is 14.6. The zero-order valence-electron chi connectivity index (χ0n) is 15.8. The molecule has 1 saturated heterocycles. The Morgan fingerprint density at radius 2 is 2.18 bits per heavy atom. The van der Waals surface area contributed by atoms with Crippen molar-refractivity contribution in [1.29, 1.82) is 0 Å². The number of furan rings is 1. The predicted octanol–water partition coefficient (Wildman–Crippen LogP) is 0.172. The molecule has 1 fully saturated rings. The third-order valence-corrected chi connectivity index (χ3v) is 4.18. The fourth-order valence-corrected chi connectivity index (χ4v) is 2.83. The summed E-state index contributed by atoms with van der Waals surface area (Å²) in [5.41, 5.74) is 0.780. The average molecular weight is 501 g/mol. The summed E-state index contributed by atoms with van der Waals surface area (Å²) in [7, 11) is 3.44. The molecule has 0 aliphatic carbocycles. The summed E-state index contributed by atoms with van der Waals surface area (Å²) in [6, 6.07) is 3.56. The molecule has 3 rings (SSSR count). The van der Waals surface area contributed by atoms with E-state index in [-0.39, 0.29) is 48.9 Å². The van der Waals surface area contributed by atoms with E-state index < -0.39 is 0 Å². The van der Waals surface area contributed by atoms with Gasteiger partial charge in [0.05, 0.1) is 31.2 Å². The highest BCUT2D eigenvalue weighted by Crippen LogP contribution is 2.15. The minimum absolute atomic E-state index is 0. The molecular weight excluding hydrogens is 477 g/mol. The Balaban J connectivity index is 0.00000280. The van der Waals surface area contributed by atoms with Gasteiger partial charge in [0.2, 0.25) is 11.8 Å². The molecule has 0 unspecified atom stereocenters. The number of nitrogens with zero attached hydrogens (tertiary/aromatic N) is 5. The third-order valence-electron chi connectivity index (χ3n) is 4.18.